The van der Waals surface area contributed by atoms with Gasteiger partial charge in [-0.15, -0.1) is 0 Å². The van der Waals surface area contributed by atoms with Gasteiger partial charge in [-0.2, -0.15) is 0 Å². The van der Waals surface area contributed by atoms with Crippen molar-refractivity contribution in [2.24, 2.45) is 0 Å². The van der Waals surface area contributed by atoms with Crippen molar-refractivity contribution >= 4 is 0 Å². The number of rotatable bonds is 4. The van der Waals surface area contributed by atoms with Crippen LogP contribution in [0.25, 0.3) is 0 Å². The Balaban J connectivity index is 1.60. The fourth-order valence-electron chi connectivity index (χ4n) is 2.52. The second-order valence-corrected chi connectivity index (χ2v) is 5.03. The Morgan fingerprint density at radius 2 is 1.79 bits per heavy atom. The number of benzene rings is 2. The van der Waals surface area contributed by atoms with Crippen molar-refractivity contribution in [1.29, 1.82) is 0 Å². The first-order valence-corrected chi connectivity index (χ1v) is 6.89. The maximum Gasteiger partial charge on any atom is 0.119 e. The summed E-state index contributed by atoms with van der Waals surface area (Å²) >= 11 is 0. The molecule has 0 radical (unpaired) electrons. The Labute approximate surface area is 114 Å². The van der Waals surface area contributed by atoms with E-state index >= 15 is 0 Å². The standard InChI is InChI=1S/C17H19NO/c1-2-4-14(5-3-1)13-19-17-8-6-15(7-9-17)16-10-11-18-12-16/h1-9,16,18H,10-13H2/t16-/m1/s1. The summed E-state index contributed by atoms with van der Waals surface area (Å²) in [5, 5.41) is 3.40. The van der Waals surface area contributed by atoms with Crippen molar-refractivity contribution in [3.63, 3.8) is 0 Å². The second kappa shape index (κ2) is 5.89. The van der Waals surface area contributed by atoms with Gasteiger partial charge in [0.15, 0.2) is 0 Å². The molecule has 1 aliphatic rings. The summed E-state index contributed by atoms with van der Waals surface area (Å²) in [7, 11) is 0. The third-order valence-corrected chi connectivity index (χ3v) is 3.66. The van der Waals surface area contributed by atoms with Gasteiger partial charge in [0, 0.05) is 6.54 Å². The van der Waals surface area contributed by atoms with Crippen LogP contribution in [0.4, 0.5) is 0 Å². The van der Waals surface area contributed by atoms with E-state index in [-0.39, 0.29) is 0 Å². The molecule has 0 unspecified atom stereocenters. The van der Waals surface area contributed by atoms with Crippen LogP contribution in [0, 0.1) is 0 Å². The fourth-order valence-corrected chi connectivity index (χ4v) is 2.52. The molecule has 3 rings (SSSR count). The van der Waals surface area contributed by atoms with Gasteiger partial charge in [0.25, 0.3) is 0 Å². The van der Waals surface area contributed by atoms with E-state index in [1.165, 1.54) is 17.5 Å². The van der Waals surface area contributed by atoms with Gasteiger partial charge >= 0.3 is 0 Å². The van der Waals surface area contributed by atoms with Crippen molar-refractivity contribution in [1.82, 2.24) is 5.32 Å². The van der Waals surface area contributed by atoms with E-state index in [1.54, 1.807) is 0 Å². The van der Waals surface area contributed by atoms with E-state index < -0.39 is 0 Å². The van der Waals surface area contributed by atoms with Gasteiger partial charge in [-0.1, -0.05) is 42.5 Å². The highest BCUT2D eigenvalue weighted by molar-refractivity contribution is 5.30. The van der Waals surface area contributed by atoms with Gasteiger partial charge in [0.2, 0.25) is 0 Å². The SMILES string of the molecule is c1ccc(COc2ccc([C@@H]3CCNC3)cc2)cc1. The molecule has 1 atom stereocenters. The van der Waals surface area contributed by atoms with E-state index in [4.69, 9.17) is 4.74 Å². The fraction of sp³-hybridized carbons (Fsp3) is 0.294. The van der Waals surface area contributed by atoms with E-state index in [2.05, 4.69) is 41.7 Å². The van der Waals surface area contributed by atoms with Crippen LogP contribution in [0.1, 0.15) is 23.5 Å². The molecular weight excluding hydrogens is 234 g/mol. The molecular formula is C17H19NO. The predicted molar refractivity (Wildman–Crippen MR) is 77.4 cm³/mol. The third-order valence-electron chi connectivity index (χ3n) is 3.66. The van der Waals surface area contributed by atoms with E-state index in [0.29, 0.717) is 12.5 Å². The van der Waals surface area contributed by atoms with Crippen LogP contribution in [0.5, 0.6) is 5.75 Å². The monoisotopic (exact) mass is 253 g/mol. The highest BCUT2D eigenvalue weighted by Gasteiger charge is 2.15. The molecule has 1 saturated heterocycles. The molecule has 0 aromatic heterocycles. The number of hydrogen-bond acceptors (Lipinski definition) is 2. The molecule has 2 aromatic carbocycles. The van der Waals surface area contributed by atoms with E-state index in [1.807, 2.05) is 18.2 Å². The van der Waals surface area contributed by atoms with Gasteiger partial charge in [-0.3, -0.25) is 0 Å². The van der Waals surface area contributed by atoms with Crippen LogP contribution in [-0.4, -0.2) is 13.1 Å². The van der Waals surface area contributed by atoms with Gasteiger partial charge in [-0.25, -0.2) is 0 Å². The Bertz CT molecular complexity index is 501. The van der Waals surface area contributed by atoms with Crippen molar-refractivity contribution in [3.8, 4) is 5.75 Å². The van der Waals surface area contributed by atoms with E-state index in [9.17, 15) is 0 Å². The van der Waals surface area contributed by atoms with Crippen molar-refractivity contribution in [3.05, 3.63) is 65.7 Å². The molecule has 1 N–H and O–H groups in total. The summed E-state index contributed by atoms with van der Waals surface area (Å²) in [5.74, 6) is 1.61. The summed E-state index contributed by atoms with van der Waals surface area (Å²) in [6.07, 6.45) is 1.24. The predicted octanol–water partition coefficient (Wildman–Crippen LogP) is 3.34. The smallest absolute Gasteiger partial charge is 0.119 e. The quantitative estimate of drug-likeness (QED) is 0.902. The molecule has 19 heavy (non-hydrogen) atoms. The molecule has 2 nitrogen and oxygen atoms in total. The van der Waals surface area contributed by atoms with Crippen molar-refractivity contribution in [2.75, 3.05) is 13.1 Å². The van der Waals surface area contributed by atoms with Crippen LogP contribution in [0.3, 0.4) is 0 Å². The summed E-state index contributed by atoms with van der Waals surface area (Å²) in [5.41, 5.74) is 2.61. The minimum Gasteiger partial charge on any atom is -0.489 e. The molecule has 1 fully saturated rings. The zero-order chi connectivity index (χ0) is 12.9. The van der Waals surface area contributed by atoms with E-state index in [0.717, 1.165) is 18.8 Å². The second-order valence-electron chi connectivity index (χ2n) is 5.03. The Kier molecular flexibility index (Phi) is 3.80. The van der Waals surface area contributed by atoms with Crippen LogP contribution < -0.4 is 10.1 Å². The molecule has 0 spiro atoms. The largest absolute Gasteiger partial charge is 0.489 e. The summed E-state index contributed by atoms with van der Waals surface area (Å²) in [6, 6.07) is 18.8. The lowest BCUT2D eigenvalue weighted by atomic mass is 9.98. The maximum atomic E-state index is 5.79. The topological polar surface area (TPSA) is 21.3 Å². The third kappa shape index (κ3) is 3.15. The highest BCUT2D eigenvalue weighted by Crippen LogP contribution is 2.24. The summed E-state index contributed by atoms with van der Waals surface area (Å²) < 4.78 is 5.79. The molecule has 0 amide bonds. The molecule has 98 valence electrons. The van der Waals surface area contributed by atoms with Crippen LogP contribution in [0.15, 0.2) is 54.6 Å². The molecule has 1 heterocycles. The molecule has 1 aliphatic heterocycles. The zero-order valence-corrected chi connectivity index (χ0v) is 11.0. The Hall–Kier alpha value is -1.80. The van der Waals surface area contributed by atoms with Crippen LogP contribution in [0.2, 0.25) is 0 Å². The minimum absolute atomic E-state index is 0.630. The minimum atomic E-state index is 0.630. The van der Waals surface area contributed by atoms with Gasteiger partial charge in [0.05, 0.1) is 0 Å². The maximum absolute atomic E-state index is 5.79. The molecule has 0 aliphatic carbocycles. The Morgan fingerprint density at radius 1 is 1.00 bits per heavy atom. The lowest BCUT2D eigenvalue weighted by Crippen LogP contribution is -2.07. The van der Waals surface area contributed by atoms with Gasteiger partial charge in [-0.05, 0) is 42.1 Å². The zero-order valence-electron chi connectivity index (χ0n) is 11.0. The average molecular weight is 253 g/mol. The molecule has 2 heteroatoms. The van der Waals surface area contributed by atoms with Crippen molar-refractivity contribution < 1.29 is 4.74 Å². The first-order chi connectivity index (χ1) is 9.42. The lowest BCUT2D eigenvalue weighted by Gasteiger charge is -2.10. The number of ether oxygens (including phenoxy) is 1. The van der Waals surface area contributed by atoms with Crippen LogP contribution >= 0.6 is 0 Å². The normalized spacial score (nSPS) is 18.4. The number of hydrogen-bond donors (Lipinski definition) is 1. The van der Waals surface area contributed by atoms with Crippen molar-refractivity contribution in [2.45, 2.75) is 18.9 Å². The van der Waals surface area contributed by atoms with Gasteiger partial charge < -0.3 is 10.1 Å². The lowest BCUT2D eigenvalue weighted by molar-refractivity contribution is 0.306. The number of nitrogens with one attached hydrogen (secondary N) is 1. The Morgan fingerprint density at radius 3 is 2.47 bits per heavy atom. The van der Waals surface area contributed by atoms with Gasteiger partial charge in [0.1, 0.15) is 12.4 Å². The van der Waals surface area contributed by atoms with Crippen LogP contribution in [-0.2, 0) is 6.61 Å². The first kappa shape index (κ1) is 12.2. The molecule has 0 saturated carbocycles. The summed E-state index contributed by atoms with van der Waals surface area (Å²) in [4.78, 5) is 0. The summed E-state index contributed by atoms with van der Waals surface area (Å²) in [6.45, 7) is 2.87. The molecule has 0 bridgehead atoms. The highest BCUT2D eigenvalue weighted by atomic mass is 16.5. The first-order valence-electron chi connectivity index (χ1n) is 6.89. The average Bonchev–Trinajstić information content (AvgIpc) is 3.01. The molecule has 2 aromatic rings.